The van der Waals surface area contributed by atoms with Crippen LogP contribution in [0.2, 0.25) is 0 Å². The molecule has 0 spiro atoms. The van der Waals surface area contributed by atoms with E-state index in [4.69, 9.17) is 18.6 Å². The van der Waals surface area contributed by atoms with Crippen LogP contribution < -0.4 is 19.5 Å². The lowest BCUT2D eigenvalue weighted by Crippen LogP contribution is -2.28. The van der Waals surface area contributed by atoms with E-state index in [0.717, 1.165) is 23.3 Å². The van der Waals surface area contributed by atoms with Crippen molar-refractivity contribution in [2.24, 2.45) is 0 Å². The molecular weight excluding hydrogens is 454 g/mol. The molecule has 1 amide bonds. The first-order valence-corrected chi connectivity index (χ1v) is 12.2. The minimum atomic E-state index is -0.296. The summed E-state index contributed by atoms with van der Waals surface area (Å²) < 4.78 is 22.3. The maximum Gasteiger partial charge on any atom is 0.287 e. The Balaban J connectivity index is 1.80. The molecule has 0 saturated heterocycles. The van der Waals surface area contributed by atoms with Gasteiger partial charge in [0.15, 0.2) is 17.3 Å². The fourth-order valence-corrected chi connectivity index (χ4v) is 4.07. The molecule has 0 bridgehead atoms. The third-order valence-corrected chi connectivity index (χ3v) is 6.71. The first-order valence-electron chi connectivity index (χ1n) is 12.2. The van der Waals surface area contributed by atoms with Gasteiger partial charge in [-0.25, -0.2) is 0 Å². The van der Waals surface area contributed by atoms with Crippen molar-refractivity contribution < 1.29 is 23.4 Å². The van der Waals surface area contributed by atoms with Crippen LogP contribution in [-0.4, -0.2) is 27.2 Å². The highest BCUT2D eigenvalue weighted by Crippen LogP contribution is 2.33. The van der Waals surface area contributed by atoms with Gasteiger partial charge in [0.05, 0.1) is 27.4 Å². The second-order valence-corrected chi connectivity index (χ2v) is 9.37. The molecule has 0 aliphatic heterocycles. The maximum atomic E-state index is 13.1. The van der Waals surface area contributed by atoms with E-state index < -0.39 is 0 Å². The number of hydrogen-bond acceptors (Lipinski definition) is 5. The van der Waals surface area contributed by atoms with E-state index in [9.17, 15) is 4.79 Å². The number of carbonyl (C=O) groups excluding carboxylic acids is 1. The summed E-state index contributed by atoms with van der Waals surface area (Å²) in [6.07, 6.45) is 3.86. The van der Waals surface area contributed by atoms with Crippen LogP contribution in [0.4, 0.5) is 0 Å². The van der Waals surface area contributed by atoms with E-state index in [1.165, 1.54) is 5.56 Å². The molecule has 1 N–H and O–H groups in total. The molecule has 6 heteroatoms. The fourth-order valence-electron chi connectivity index (χ4n) is 4.07. The van der Waals surface area contributed by atoms with E-state index in [-0.39, 0.29) is 23.1 Å². The Labute approximate surface area is 214 Å². The maximum absolute atomic E-state index is 13.1. The molecule has 0 aliphatic rings. The number of methoxy groups -OCH3 is 3. The number of amides is 1. The first kappa shape index (κ1) is 26.9. The standard InChI is InChI=1S/C30H37NO5/c1-8-10-24(20-11-14-26(34-6)28(19-20)35-7)31-29(32)27-16-13-23(36-27)18-21-17-22(30(3,4)9-2)12-15-25(21)33-5/h8,11-17,19,24H,1,9-10,18H2,2-7H3,(H,31,32). The second-order valence-electron chi connectivity index (χ2n) is 9.37. The summed E-state index contributed by atoms with van der Waals surface area (Å²) in [4.78, 5) is 13.1. The predicted molar refractivity (Wildman–Crippen MR) is 142 cm³/mol. The Hall–Kier alpha value is -3.67. The van der Waals surface area contributed by atoms with Gasteiger partial charge < -0.3 is 23.9 Å². The van der Waals surface area contributed by atoms with E-state index in [1.807, 2.05) is 30.3 Å². The highest BCUT2D eigenvalue weighted by Gasteiger charge is 2.22. The lowest BCUT2D eigenvalue weighted by molar-refractivity contribution is 0.0907. The van der Waals surface area contributed by atoms with Crippen molar-refractivity contribution in [1.82, 2.24) is 5.32 Å². The average molecular weight is 492 g/mol. The smallest absolute Gasteiger partial charge is 0.287 e. The van der Waals surface area contributed by atoms with Gasteiger partial charge in [-0.15, -0.1) is 6.58 Å². The minimum Gasteiger partial charge on any atom is -0.496 e. The third kappa shape index (κ3) is 6.11. The number of rotatable bonds is 12. The molecule has 0 radical (unpaired) electrons. The van der Waals surface area contributed by atoms with Gasteiger partial charge in [-0.05, 0) is 59.7 Å². The second kappa shape index (κ2) is 11.8. The van der Waals surface area contributed by atoms with Gasteiger partial charge in [0.25, 0.3) is 5.91 Å². The molecule has 1 aromatic heterocycles. The summed E-state index contributed by atoms with van der Waals surface area (Å²) >= 11 is 0. The predicted octanol–water partition coefficient (Wildman–Crippen LogP) is 6.63. The molecule has 3 rings (SSSR count). The number of benzene rings is 2. The number of carbonyl (C=O) groups is 1. The van der Waals surface area contributed by atoms with Crippen LogP contribution in [0, 0.1) is 0 Å². The summed E-state index contributed by atoms with van der Waals surface area (Å²) in [5, 5.41) is 3.05. The summed E-state index contributed by atoms with van der Waals surface area (Å²) in [6, 6.07) is 15.1. The van der Waals surface area contributed by atoms with Crippen molar-refractivity contribution in [3.05, 3.63) is 89.4 Å². The SMILES string of the molecule is C=CCC(NC(=O)c1ccc(Cc2cc(C(C)(C)CC)ccc2OC)o1)c1ccc(OC)c(OC)c1. The summed E-state index contributed by atoms with van der Waals surface area (Å²) in [6.45, 7) is 10.5. The van der Waals surface area contributed by atoms with Crippen LogP contribution in [0.15, 0.2) is 65.6 Å². The Bertz CT molecular complexity index is 1190. The normalized spacial score (nSPS) is 12.1. The largest absolute Gasteiger partial charge is 0.496 e. The van der Waals surface area contributed by atoms with Gasteiger partial charge in [0.1, 0.15) is 11.5 Å². The Morgan fingerprint density at radius 2 is 1.69 bits per heavy atom. The number of furan rings is 1. The Morgan fingerprint density at radius 1 is 1.00 bits per heavy atom. The van der Waals surface area contributed by atoms with Gasteiger partial charge in [-0.2, -0.15) is 0 Å². The first-order chi connectivity index (χ1) is 17.3. The van der Waals surface area contributed by atoms with Crippen LogP contribution in [0.5, 0.6) is 17.2 Å². The molecule has 0 aliphatic carbocycles. The Morgan fingerprint density at radius 3 is 2.33 bits per heavy atom. The molecule has 3 aromatic rings. The van der Waals surface area contributed by atoms with Crippen LogP contribution in [0.25, 0.3) is 0 Å². The highest BCUT2D eigenvalue weighted by molar-refractivity contribution is 5.91. The van der Waals surface area contributed by atoms with E-state index >= 15 is 0 Å². The van der Waals surface area contributed by atoms with Crippen molar-refractivity contribution >= 4 is 5.91 Å². The van der Waals surface area contributed by atoms with Crippen molar-refractivity contribution in [2.75, 3.05) is 21.3 Å². The lowest BCUT2D eigenvalue weighted by Gasteiger charge is -2.24. The van der Waals surface area contributed by atoms with Crippen LogP contribution in [-0.2, 0) is 11.8 Å². The number of hydrogen-bond donors (Lipinski definition) is 1. The van der Waals surface area contributed by atoms with E-state index in [2.05, 4.69) is 44.8 Å². The number of nitrogens with one attached hydrogen (secondary N) is 1. The molecule has 36 heavy (non-hydrogen) atoms. The van der Waals surface area contributed by atoms with Gasteiger partial charge in [-0.1, -0.05) is 45.0 Å². The quantitative estimate of drug-likeness (QED) is 0.288. The molecule has 0 saturated carbocycles. The zero-order valence-electron chi connectivity index (χ0n) is 22.1. The van der Waals surface area contributed by atoms with E-state index in [0.29, 0.717) is 30.1 Å². The zero-order valence-corrected chi connectivity index (χ0v) is 22.1. The Kier molecular flexibility index (Phi) is 8.86. The minimum absolute atomic E-state index is 0.0551. The molecule has 2 aromatic carbocycles. The third-order valence-electron chi connectivity index (χ3n) is 6.71. The molecule has 6 nitrogen and oxygen atoms in total. The summed E-state index contributed by atoms with van der Waals surface area (Å²) in [5.74, 6) is 2.67. The van der Waals surface area contributed by atoms with E-state index in [1.54, 1.807) is 33.5 Å². The topological polar surface area (TPSA) is 69.9 Å². The fraction of sp³-hybridized carbons (Fsp3) is 0.367. The van der Waals surface area contributed by atoms with Gasteiger partial charge in [-0.3, -0.25) is 4.79 Å². The van der Waals surface area contributed by atoms with Crippen LogP contribution in [0.3, 0.4) is 0 Å². The molecule has 1 atom stereocenters. The molecule has 1 unspecified atom stereocenters. The molecular formula is C30H37NO5. The van der Waals surface area contributed by atoms with Crippen molar-refractivity contribution in [3.63, 3.8) is 0 Å². The van der Waals surface area contributed by atoms with Crippen molar-refractivity contribution in [3.8, 4) is 17.2 Å². The van der Waals surface area contributed by atoms with Gasteiger partial charge in [0, 0.05) is 12.0 Å². The van der Waals surface area contributed by atoms with Crippen LogP contribution >= 0.6 is 0 Å². The molecule has 1 heterocycles. The molecule has 192 valence electrons. The van der Waals surface area contributed by atoms with Gasteiger partial charge >= 0.3 is 0 Å². The lowest BCUT2D eigenvalue weighted by atomic mass is 9.81. The number of ether oxygens (including phenoxy) is 3. The molecule has 0 fully saturated rings. The van der Waals surface area contributed by atoms with Crippen molar-refractivity contribution in [2.45, 2.75) is 51.5 Å². The summed E-state index contributed by atoms with van der Waals surface area (Å²) in [7, 11) is 4.84. The average Bonchev–Trinajstić information content (AvgIpc) is 3.36. The summed E-state index contributed by atoms with van der Waals surface area (Å²) in [5.41, 5.74) is 3.20. The zero-order chi connectivity index (χ0) is 26.3. The monoisotopic (exact) mass is 491 g/mol. The highest BCUT2D eigenvalue weighted by atomic mass is 16.5. The van der Waals surface area contributed by atoms with Gasteiger partial charge in [0.2, 0.25) is 0 Å². The van der Waals surface area contributed by atoms with Crippen LogP contribution in [0.1, 0.15) is 72.7 Å². The van der Waals surface area contributed by atoms with Crippen molar-refractivity contribution in [1.29, 1.82) is 0 Å².